The van der Waals surface area contributed by atoms with Gasteiger partial charge in [-0.3, -0.25) is 4.79 Å². The third-order valence-electron chi connectivity index (χ3n) is 2.27. The average molecular weight is 323 g/mol. The molecule has 5 nitrogen and oxygen atoms in total. The first-order chi connectivity index (χ1) is 8.95. The van der Waals surface area contributed by atoms with Gasteiger partial charge >= 0.3 is 5.97 Å². The van der Waals surface area contributed by atoms with Gasteiger partial charge in [0.2, 0.25) is 0 Å². The SMILES string of the molecule is CSCC[C@@H](NC(=O)c1ccc(Cl)nc1Cl)C(=O)O. The van der Waals surface area contributed by atoms with E-state index >= 15 is 0 Å². The molecular formula is C11H12Cl2N2O3S. The van der Waals surface area contributed by atoms with Gasteiger partial charge in [0.25, 0.3) is 5.91 Å². The molecule has 0 aromatic carbocycles. The van der Waals surface area contributed by atoms with E-state index in [4.69, 9.17) is 28.3 Å². The molecule has 0 aliphatic rings. The van der Waals surface area contributed by atoms with Gasteiger partial charge in [0.15, 0.2) is 0 Å². The molecule has 8 heteroatoms. The quantitative estimate of drug-likeness (QED) is 0.786. The topological polar surface area (TPSA) is 79.3 Å². The molecule has 2 N–H and O–H groups in total. The lowest BCUT2D eigenvalue weighted by Crippen LogP contribution is -2.41. The minimum atomic E-state index is -1.08. The first kappa shape index (κ1) is 16.1. The van der Waals surface area contributed by atoms with Gasteiger partial charge < -0.3 is 10.4 Å². The third-order valence-corrected chi connectivity index (χ3v) is 3.42. The highest BCUT2D eigenvalue weighted by Gasteiger charge is 2.21. The van der Waals surface area contributed by atoms with Crippen LogP contribution in [0.2, 0.25) is 10.3 Å². The zero-order valence-electron chi connectivity index (χ0n) is 10.0. The zero-order chi connectivity index (χ0) is 14.4. The lowest BCUT2D eigenvalue weighted by atomic mass is 10.2. The van der Waals surface area contributed by atoms with Crippen molar-refractivity contribution in [2.45, 2.75) is 12.5 Å². The fourth-order valence-electron chi connectivity index (χ4n) is 1.31. The van der Waals surface area contributed by atoms with Gasteiger partial charge in [-0.2, -0.15) is 11.8 Å². The van der Waals surface area contributed by atoms with Crippen molar-refractivity contribution >= 4 is 46.8 Å². The Morgan fingerprint density at radius 1 is 1.47 bits per heavy atom. The summed E-state index contributed by atoms with van der Waals surface area (Å²) in [5.41, 5.74) is 0.0986. The molecule has 0 aliphatic carbocycles. The number of carboxylic acid groups (broad SMARTS) is 1. The summed E-state index contributed by atoms with van der Waals surface area (Å²) in [6, 6.07) is 1.87. The first-order valence-electron chi connectivity index (χ1n) is 5.30. The van der Waals surface area contributed by atoms with Crippen LogP contribution < -0.4 is 5.32 Å². The second kappa shape index (κ2) is 7.57. The van der Waals surface area contributed by atoms with Gasteiger partial charge in [0.1, 0.15) is 16.3 Å². The summed E-state index contributed by atoms with van der Waals surface area (Å²) in [5.74, 6) is -1.03. The number of carbonyl (C=O) groups excluding carboxylic acids is 1. The molecular weight excluding hydrogens is 311 g/mol. The van der Waals surface area contributed by atoms with Gasteiger partial charge in [-0.25, -0.2) is 9.78 Å². The average Bonchev–Trinajstić information content (AvgIpc) is 2.33. The fourth-order valence-corrected chi connectivity index (χ4v) is 2.21. The number of hydrogen-bond donors (Lipinski definition) is 2. The van der Waals surface area contributed by atoms with Crippen LogP contribution in [0.1, 0.15) is 16.8 Å². The van der Waals surface area contributed by atoms with E-state index in [1.54, 1.807) is 0 Å². The number of pyridine rings is 1. The second-order valence-corrected chi connectivity index (χ2v) is 5.35. The Morgan fingerprint density at radius 2 is 2.16 bits per heavy atom. The van der Waals surface area contributed by atoms with Gasteiger partial charge in [0.05, 0.1) is 5.56 Å². The van der Waals surface area contributed by atoms with E-state index in [9.17, 15) is 9.59 Å². The van der Waals surface area contributed by atoms with Crippen LogP contribution in [0.3, 0.4) is 0 Å². The summed E-state index contributed by atoms with van der Waals surface area (Å²) < 4.78 is 0. The first-order valence-corrected chi connectivity index (χ1v) is 7.45. The van der Waals surface area contributed by atoms with Crippen LogP contribution in [-0.2, 0) is 4.79 Å². The Hall–Kier alpha value is -0.980. The third kappa shape index (κ3) is 4.89. The van der Waals surface area contributed by atoms with Crippen molar-refractivity contribution in [1.82, 2.24) is 10.3 Å². The molecule has 0 saturated heterocycles. The van der Waals surface area contributed by atoms with E-state index in [2.05, 4.69) is 10.3 Å². The number of nitrogens with zero attached hydrogens (tertiary/aromatic N) is 1. The van der Waals surface area contributed by atoms with Gasteiger partial charge in [-0.1, -0.05) is 23.2 Å². The Bertz CT molecular complexity index is 485. The number of carbonyl (C=O) groups is 2. The highest BCUT2D eigenvalue weighted by molar-refractivity contribution is 7.98. The molecule has 1 aromatic rings. The van der Waals surface area contributed by atoms with Crippen LogP contribution in [0.15, 0.2) is 12.1 Å². The van der Waals surface area contributed by atoms with Crippen LogP contribution in [0, 0.1) is 0 Å². The molecule has 104 valence electrons. The van der Waals surface area contributed by atoms with Crippen molar-refractivity contribution < 1.29 is 14.7 Å². The molecule has 0 fully saturated rings. The number of aliphatic carboxylic acids is 1. The molecule has 1 amide bonds. The largest absolute Gasteiger partial charge is 0.480 e. The van der Waals surface area contributed by atoms with Gasteiger partial charge in [0, 0.05) is 0 Å². The van der Waals surface area contributed by atoms with Crippen LogP contribution >= 0.6 is 35.0 Å². The highest BCUT2D eigenvalue weighted by atomic mass is 35.5. The molecule has 0 spiro atoms. The van der Waals surface area contributed by atoms with E-state index < -0.39 is 17.9 Å². The molecule has 0 radical (unpaired) electrons. The Balaban J connectivity index is 2.78. The van der Waals surface area contributed by atoms with Crippen molar-refractivity contribution in [3.63, 3.8) is 0 Å². The minimum Gasteiger partial charge on any atom is -0.480 e. The number of carboxylic acids is 1. The molecule has 1 rings (SSSR count). The second-order valence-electron chi connectivity index (χ2n) is 3.62. The van der Waals surface area contributed by atoms with Crippen LogP contribution in [0.4, 0.5) is 0 Å². The van der Waals surface area contributed by atoms with Crippen molar-refractivity contribution in [3.8, 4) is 0 Å². The monoisotopic (exact) mass is 322 g/mol. The smallest absolute Gasteiger partial charge is 0.326 e. The maximum Gasteiger partial charge on any atom is 0.326 e. The molecule has 1 atom stereocenters. The lowest BCUT2D eigenvalue weighted by Gasteiger charge is -2.14. The van der Waals surface area contributed by atoms with Crippen molar-refractivity contribution in [1.29, 1.82) is 0 Å². The number of hydrogen-bond acceptors (Lipinski definition) is 4. The minimum absolute atomic E-state index is 0.0565. The Labute approximate surface area is 124 Å². The predicted octanol–water partition coefficient (Wildman–Crippen LogP) is 2.32. The molecule has 19 heavy (non-hydrogen) atoms. The van der Waals surface area contributed by atoms with Crippen molar-refractivity contribution in [2.24, 2.45) is 0 Å². The highest BCUT2D eigenvalue weighted by Crippen LogP contribution is 2.16. The number of thioether (sulfide) groups is 1. The summed E-state index contributed by atoms with van der Waals surface area (Å²) in [6.45, 7) is 0. The van der Waals surface area contributed by atoms with Crippen LogP contribution in [0.5, 0.6) is 0 Å². The molecule has 0 aliphatic heterocycles. The number of nitrogens with one attached hydrogen (secondary N) is 1. The Kier molecular flexibility index (Phi) is 6.41. The molecule has 0 unspecified atom stereocenters. The normalized spacial score (nSPS) is 11.9. The van der Waals surface area contributed by atoms with Crippen LogP contribution in [0.25, 0.3) is 0 Å². The van der Waals surface area contributed by atoms with Gasteiger partial charge in [-0.15, -0.1) is 0 Å². The predicted molar refractivity (Wildman–Crippen MR) is 76.1 cm³/mol. The summed E-state index contributed by atoms with van der Waals surface area (Å²) in [6.07, 6.45) is 2.20. The molecule has 0 saturated carbocycles. The lowest BCUT2D eigenvalue weighted by molar-refractivity contribution is -0.139. The zero-order valence-corrected chi connectivity index (χ0v) is 12.3. The van der Waals surface area contributed by atoms with Crippen molar-refractivity contribution in [3.05, 3.63) is 28.0 Å². The van der Waals surface area contributed by atoms with Crippen molar-refractivity contribution in [2.75, 3.05) is 12.0 Å². The number of aromatic nitrogens is 1. The fraction of sp³-hybridized carbons (Fsp3) is 0.364. The molecule has 0 bridgehead atoms. The summed E-state index contributed by atoms with van der Waals surface area (Å²) >= 11 is 12.9. The molecule has 1 heterocycles. The van der Waals surface area contributed by atoms with Crippen LogP contribution in [-0.4, -0.2) is 40.0 Å². The maximum atomic E-state index is 11.9. The number of rotatable bonds is 6. The van der Waals surface area contributed by atoms with E-state index in [1.807, 2.05) is 6.26 Å². The van der Waals surface area contributed by atoms with E-state index in [0.717, 1.165) is 0 Å². The maximum absolute atomic E-state index is 11.9. The van der Waals surface area contributed by atoms with E-state index in [1.165, 1.54) is 23.9 Å². The van der Waals surface area contributed by atoms with E-state index in [-0.39, 0.29) is 15.9 Å². The van der Waals surface area contributed by atoms with E-state index in [0.29, 0.717) is 12.2 Å². The summed E-state index contributed by atoms with van der Waals surface area (Å²) in [7, 11) is 0. The molecule has 1 aromatic heterocycles. The summed E-state index contributed by atoms with van der Waals surface area (Å²) in [4.78, 5) is 26.7. The van der Waals surface area contributed by atoms with Gasteiger partial charge in [-0.05, 0) is 30.6 Å². The Morgan fingerprint density at radius 3 is 2.68 bits per heavy atom. The summed E-state index contributed by atoms with van der Waals surface area (Å²) in [5, 5.41) is 11.5. The number of halogens is 2. The standard InChI is InChI=1S/C11H12Cl2N2O3S/c1-19-5-4-7(11(17)18)14-10(16)6-2-3-8(12)15-9(6)13/h2-3,7H,4-5H2,1H3,(H,14,16)(H,17,18)/t7-/m1/s1. The number of amides is 1.